The molecule has 2 heteroatoms. The van der Waals surface area contributed by atoms with Gasteiger partial charge in [0.1, 0.15) is 0 Å². The molecular formula is C11H22N2. The van der Waals surface area contributed by atoms with Crippen molar-refractivity contribution < 1.29 is 0 Å². The van der Waals surface area contributed by atoms with Crippen LogP contribution in [0, 0.1) is 5.92 Å². The molecule has 0 radical (unpaired) electrons. The van der Waals surface area contributed by atoms with E-state index in [0.717, 1.165) is 18.0 Å². The summed E-state index contributed by atoms with van der Waals surface area (Å²) >= 11 is 0. The van der Waals surface area contributed by atoms with E-state index in [1.807, 2.05) is 0 Å². The predicted molar refractivity (Wildman–Crippen MR) is 55.8 cm³/mol. The highest BCUT2D eigenvalue weighted by Crippen LogP contribution is 2.25. The Bertz CT molecular complexity index is 153. The Kier molecular flexibility index (Phi) is 2.89. The van der Waals surface area contributed by atoms with Gasteiger partial charge in [0.25, 0.3) is 0 Å². The minimum atomic E-state index is 0.730. The zero-order valence-electron chi connectivity index (χ0n) is 8.92. The summed E-state index contributed by atoms with van der Waals surface area (Å²) in [7, 11) is 0. The molecule has 0 aromatic heterocycles. The number of hydrogen-bond donors (Lipinski definition) is 1. The SMILES string of the molecule is CC(C)N1CC2CCCCNC2C1. The molecular weight excluding hydrogens is 160 g/mol. The van der Waals surface area contributed by atoms with E-state index >= 15 is 0 Å². The van der Waals surface area contributed by atoms with Crippen LogP contribution in [0.15, 0.2) is 0 Å². The van der Waals surface area contributed by atoms with E-state index in [0.29, 0.717) is 0 Å². The maximum atomic E-state index is 3.69. The smallest absolute Gasteiger partial charge is 0.0235 e. The summed E-state index contributed by atoms with van der Waals surface area (Å²) in [4.78, 5) is 2.62. The standard InChI is InChI=1S/C11H22N2/c1-9(2)13-7-10-5-3-4-6-12-11(10)8-13/h9-12H,3-8H2,1-2H3. The molecule has 0 spiro atoms. The van der Waals surface area contributed by atoms with Crippen molar-refractivity contribution in [2.45, 2.75) is 45.2 Å². The fourth-order valence-corrected chi connectivity index (χ4v) is 2.67. The van der Waals surface area contributed by atoms with Crippen LogP contribution in [0.4, 0.5) is 0 Å². The van der Waals surface area contributed by atoms with Crippen molar-refractivity contribution in [1.29, 1.82) is 0 Å². The van der Waals surface area contributed by atoms with Gasteiger partial charge in [0.05, 0.1) is 0 Å². The van der Waals surface area contributed by atoms with Crippen LogP contribution in [-0.2, 0) is 0 Å². The highest BCUT2D eigenvalue weighted by atomic mass is 15.2. The van der Waals surface area contributed by atoms with E-state index in [4.69, 9.17) is 0 Å². The summed E-state index contributed by atoms with van der Waals surface area (Å²) in [6, 6.07) is 1.53. The lowest BCUT2D eigenvalue weighted by Crippen LogP contribution is -2.36. The van der Waals surface area contributed by atoms with Crippen molar-refractivity contribution in [3.8, 4) is 0 Å². The Morgan fingerprint density at radius 2 is 2.08 bits per heavy atom. The van der Waals surface area contributed by atoms with E-state index < -0.39 is 0 Å². The van der Waals surface area contributed by atoms with Crippen molar-refractivity contribution in [3.05, 3.63) is 0 Å². The molecule has 1 N–H and O–H groups in total. The molecule has 76 valence electrons. The van der Waals surface area contributed by atoms with Gasteiger partial charge in [-0.1, -0.05) is 6.42 Å². The average Bonchev–Trinajstić information content (AvgIpc) is 2.38. The monoisotopic (exact) mass is 182 g/mol. The van der Waals surface area contributed by atoms with Crippen LogP contribution < -0.4 is 5.32 Å². The van der Waals surface area contributed by atoms with E-state index in [2.05, 4.69) is 24.1 Å². The summed E-state index contributed by atoms with van der Waals surface area (Å²) in [6.45, 7) is 8.47. The molecule has 0 aromatic carbocycles. The number of nitrogens with one attached hydrogen (secondary N) is 1. The van der Waals surface area contributed by atoms with Crippen LogP contribution in [-0.4, -0.2) is 36.6 Å². The first-order valence-corrected chi connectivity index (χ1v) is 5.75. The lowest BCUT2D eigenvalue weighted by Gasteiger charge is -2.20. The third kappa shape index (κ3) is 2.05. The number of rotatable bonds is 1. The zero-order chi connectivity index (χ0) is 9.26. The first-order valence-electron chi connectivity index (χ1n) is 5.75. The van der Waals surface area contributed by atoms with E-state index in [-0.39, 0.29) is 0 Å². The number of fused-ring (bicyclic) bond motifs is 1. The normalized spacial score (nSPS) is 36.2. The number of hydrogen-bond acceptors (Lipinski definition) is 2. The molecule has 0 bridgehead atoms. The van der Waals surface area contributed by atoms with Crippen LogP contribution in [0.5, 0.6) is 0 Å². The molecule has 0 saturated carbocycles. The summed E-state index contributed by atoms with van der Waals surface area (Å²) in [6.07, 6.45) is 4.26. The van der Waals surface area contributed by atoms with Crippen LogP contribution in [0.2, 0.25) is 0 Å². The quantitative estimate of drug-likeness (QED) is 0.660. The van der Waals surface area contributed by atoms with Crippen LogP contribution in [0.1, 0.15) is 33.1 Å². The molecule has 2 heterocycles. The molecule has 2 atom stereocenters. The van der Waals surface area contributed by atoms with Crippen molar-refractivity contribution in [3.63, 3.8) is 0 Å². The van der Waals surface area contributed by atoms with Gasteiger partial charge in [0, 0.05) is 25.2 Å². The molecule has 2 saturated heterocycles. The molecule has 2 aliphatic heterocycles. The Morgan fingerprint density at radius 3 is 2.85 bits per heavy atom. The minimum absolute atomic E-state index is 0.730. The van der Waals surface area contributed by atoms with Crippen molar-refractivity contribution >= 4 is 0 Å². The summed E-state index contributed by atoms with van der Waals surface area (Å²) in [5, 5.41) is 3.69. The maximum Gasteiger partial charge on any atom is 0.0235 e. The van der Waals surface area contributed by atoms with Gasteiger partial charge >= 0.3 is 0 Å². The fourth-order valence-electron chi connectivity index (χ4n) is 2.67. The second kappa shape index (κ2) is 3.97. The summed E-state index contributed by atoms with van der Waals surface area (Å²) in [5.41, 5.74) is 0. The van der Waals surface area contributed by atoms with E-state index in [1.165, 1.54) is 38.9 Å². The molecule has 13 heavy (non-hydrogen) atoms. The lowest BCUT2D eigenvalue weighted by molar-refractivity contribution is 0.259. The largest absolute Gasteiger partial charge is 0.312 e. The first kappa shape index (κ1) is 9.47. The maximum absolute atomic E-state index is 3.69. The average molecular weight is 182 g/mol. The topological polar surface area (TPSA) is 15.3 Å². The third-order valence-corrected chi connectivity index (χ3v) is 3.61. The van der Waals surface area contributed by atoms with Gasteiger partial charge in [0.15, 0.2) is 0 Å². The highest BCUT2D eigenvalue weighted by molar-refractivity contribution is 4.91. The fraction of sp³-hybridized carbons (Fsp3) is 1.00. The van der Waals surface area contributed by atoms with Crippen LogP contribution in [0.3, 0.4) is 0 Å². The van der Waals surface area contributed by atoms with Gasteiger partial charge in [-0.25, -0.2) is 0 Å². The van der Waals surface area contributed by atoms with Crippen molar-refractivity contribution in [1.82, 2.24) is 10.2 Å². The molecule has 2 fully saturated rings. The predicted octanol–water partition coefficient (Wildman–Crippen LogP) is 1.47. The second-order valence-electron chi connectivity index (χ2n) is 4.86. The molecule has 0 aliphatic carbocycles. The van der Waals surface area contributed by atoms with Gasteiger partial charge in [0.2, 0.25) is 0 Å². The molecule has 2 rings (SSSR count). The highest BCUT2D eigenvalue weighted by Gasteiger charge is 2.33. The van der Waals surface area contributed by atoms with E-state index in [1.54, 1.807) is 0 Å². The molecule has 2 aliphatic rings. The van der Waals surface area contributed by atoms with Crippen molar-refractivity contribution in [2.24, 2.45) is 5.92 Å². The molecule has 2 unspecified atom stereocenters. The number of nitrogens with zero attached hydrogens (tertiary/aromatic N) is 1. The van der Waals surface area contributed by atoms with Gasteiger partial charge in [-0.15, -0.1) is 0 Å². The Morgan fingerprint density at radius 1 is 1.23 bits per heavy atom. The summed E-state index contributed by atoms with van der Waals surface area (Å²) < 4.78 is 0. The second-order valence-corrected chi connectivity index (χ2v) is 4.86. The Balaban J connectivity index is 1.94. The molecule has 2 nitrogen and oxygen atoms in total. The molecule has 0 aromatic rings. The molecule has 0 amide bonds. The Labute approximate surface area is 81.7 Å². The lowest BCUT2D eigenvalue weighted by atomic mass is 9.99. The van der Waals surface area contributed by atoms with Crippen molar-refractivity contribution in [2.75, 3.05) is 19.6 Å². The minimum Gasteiger partial charge on any atom is -0.312 e. The van der Waals surface area contributed by atoms with Gasteiger partial charge < -0.3 is 5.32 Å². The zero-order valence-corrected chi connectivity index (χ0v) is 8.92. The van der Waals surface area contributed by atoms with Crippen LogP contribution >= 0.6 is 0 Å². The van der Waals surface area contributed by atoms with Gasteiger partial charge in [-0.3, -0.25) is 4.90 Å². The van der Waals surface area contributed by atoms with E-state index in [9.17, 15) is 0 Å². The first-order chi connectivity index (χ1) is 6.27. The Hall–Kier alpha value is -0.0800. The van der Waals surface area contributed by atoms with Gasteiger partial charge in [-0.05, 0) is 39.2 Å². The van der Waals surface area contributed by atoms with Gasteiger partial charge in [-0.2, -0.15) is 0 Å². The van der Waals surface area contributed by atoms with Crippen LogP contribution in [0.25, 0.3) is 0 Å². The third-order valence-electron chi connectivity index (χ3n) is 3.61. The summed E-state index contributed by atoms with van der Waals surface area (Å²) in [5.74, 6) is 0.935. The number of likely N-dealkylation sites (tertiary alicyclic amines) is 1.